The molecule has 5 heteroatoms. The first-order valence-electron chi connectivity index (χ1n) is 6.01. The Balaban J connectivity index is 1.87. The summed E-state index contributed by atoms with van der Waals surface area (Å²) < 4.78 is 0. The third-order valence-electron chi connectivity index (χ3n) is 3.49. The average Bonchev–Trinajstić information content (AvgIpc) is 2.87. The molecule has 0 spiro atoms. The van der Waals surface area contributed by atoms with Crippen LogP contribution in [0.5, 0.6) is 0 Å². The van der Waals surface area contributed by atoms with Gasteiger partial charge in [-0.1, -0.05) is 0 Å². The van der Waals surface area contributed by atoms with E-state index in [1.165, 1.54) is 18.2 Å². The van der Waals surface area contributed by atoms with Gasteiger partial charge in [0.2, 0.25) is 0 Å². The van der Waals surface area contributed by atoms with Gasteiger partial charge in [0.05, 0.1) is 5.39 Å². The van der Waals surface area contributed by atoms with Crippen molar-refractivity contribution in [2.45, 2.75) is 12.8 Å². The van der Waals surface area contributed by atoms with E-state index < -0.39 is 0 Å². The Bertz CT molecular complexity index is 502. The number of hydrogen-bond donors (Lipinski definition) is 1. The monoisotopic (exact) mass is 248 g/mol. The van der Waals surface area contributed by atoms with E-state index in [9.17, 15) is 0 Å². The van der Waals surface area contributed by atoms with Crippen molar-refractivity contribution in [2.75, 3.05) is 24.5 Å². The zero-order chi connectivity index (χ0) is 11.7. The van der Waals surface area contributed by atoms with Crippen LogP contribution in [0.15, 0.2) is 17.8 Å². The van der Waals surface area contributed by atoms with Gasteiger partial charge < -0.3 is 10.6 Å². The highest BCUT2D eigenvalue weighted by Crippen LogP contribution is 2.29. The fourth-order valence-corrected chi connectivity index (χ4v) is 3.14. The van der Waals surface area contributed by atoms with Crippen LogP contribution in [0.1, 0.15) is 12.8 Å². The van der Waals surface area contributed by atoms with Gasteiger partial charge >= 0.3 is 0 Å². The van der Waals surface area contributed by atoms with Crippen LogP contribution in [0.25, 0.3) is 10.2 Å². The minimum absolute atomic E-state index is 0.686. The first kappa shape index (κ1) is 10.9. The molecule has 0 unspecified atom stereocenters. The SMILES string of the molecule is NCC1CCN(c2ncnc3sccc23)CC1. The maximum Gasteiger partial charge on any atom is 0.140 e. The van der Waals surface area contributed by atoms with E-state index in [0.29, 0.717) is 5.92 Å². The van der Waals surface area contributed by atoms with E-state index in [2.05, 4.69) is 26.3 Å². The smallest absolute Gasteiger partial charge is 0.140 e. The van der Waals surface area contributed by atoms with Gasteiger partial charge in [0.25, 0.3) is 0 Å². The summed E-state index contributed by atoms with van der Waals surface area (Å²) in [6.07, 6.45) is 4.02. The molecule has 17 heavy (non-hydrogen) atoms. The van der Waals surface area contributed by atoms with Crippen LogP contribution in [-0.2, 0) is 0 Å². The zero-order valence-corrected chi connectivity index (χ0v) is 10.5. The van der Waals surface area contributed by atoms with Gasteiger partial charge in [-0.2, -0.15) is 0 Å². The highest BCUT2D eigenvalue weighted by Gasteiger charge is 2.20. The molecule has 3 heterocycles. The third kappa shape index (κ3) is 2.00. The maximum absolute atomic E-state index is 5.72. The summed E-state index contributed by atoms with van der Waals surface area (Å²) in [5.41, 5.74) is 5.72. The minimum atomic E-state index is 0.686. The zero-order valence-electron chi connectivity index (χ0n) is 9.67. The van der Waals surface area contributed by atoms with Crippen molar-refractivity contribution in [3.05, 3.63) is 17.8 Å². The number of thiophene rings is 1. The van der Waals surface area contributed by atoms with Crippen molar-refractivity contribution in [1.82, 2.24) is 9.97 Å². The van der Waals surface area contributed by atoms with Gasteiger partial charge in [-0.15, -0.1) is 11.3 Å². The van der Waals surface area contributed by atoms with Crippen LogP contribution in [-0.4, -0.2) is 29.6 Å². The van der Waals surface area contributed by atoms with Gasteiger partial charge in [0, 0.05) is 13.1 Å². The molecule has 3 rings (SSSR count). The summed E-state index contributed by atoms with van der Waals surface area (Å²) in [5, 5.41) is 3.26. The van der Waals surface area contributed by atoms with E-state index in [1.54, 1.807) is 17.7 Å². The van der Waals surface area contributed by atoms with Crippen LogP contribution in [0, 0.1) is 5.92 Å². The molecule has 4 nitrogen and oxygen atoms in total. The molecule has 1 fully saturated rings. The fraction of sp³-hybridized carbons (Fsp3) is 0.500. The molecule has 2 N–H and O–H groups in total. The lowest BCUT2D eigenvalue weighted by Crippen LogP contribution is -2.36. The minimum Gasteiger partial charge on any atom is -0.356 e. The largest absolute Gasteiger partial charge is 0.356 e. The van der Waals surface area contributed by atoms with Crippen LogP contribution in [0.3, 0.4) is 0 Å². The number of nitrogens with zero attached hydrogens (tertiary/aromatic N) is 3. The first-order valence-corrected chi connectivity index (χ1v) is 6.89. The van der Waals surface area contributed by atoms with Gasteiger partial charge in [0.15, 0.2) is 0 Å². The van der Waals surface area contributed by atoms with Crippen molar-refractivity contribution in [3.8, 4) is 0 Å². The molecule has 1 saturated heterocycles. The number of anilines is 1. The summed E-state index contributed by atoms with van der Waals surface area (Å²) in [4.78, 5) is 12.2. The summed E-state index contributed by atoms with van der Waals surface area (Å²) in [6, 6.07) is 2.12. The maximum atomic E-state index is 5.72. The second-order valence-corrected chi connectivity index (χ2v) is 5.40. The number of hydrogen-bond acceptors (Lipinski definition) is 5. The van der Waals surface area contributed by atoms with Crippen LogP contribution in [0.4, 0.5) is 5.82 Å². The second-order valence-electron chi connectivity index (χ2n) is 4.50. The van der Waals surface area contributed by atoms with Crippen LogP contribution < -0.4 is 10.6 Å². The Morgan fingerprint density at radius 3 is 2.94 bits per heavy atom. The number of fused-ring (bicyclic) bond motifs is 1. The average molecular weight is 248 g/mol. The normalized spacial score (nSPS) is 17.8. The molecule has 2 aromatic heterocycles. The molecule has 0 atom stereocenters. The highest BCUT2D eigenvalue weighted by molar-refractivity contribution is 7.16. The van der Waals surface area contributed by atoms with E-state index >= 15 is 0 Å². The Kier molecular flexibility index (Phi) is 2.94. The Hall–Kier alpha value is -1.20. The molecule has 0 radical (unpaired) electrons. The molecule has 1 aliphatic rings. The molecule has 0 aliphatic carbocycles. The summed E-state index contributed by atoms with van der Waals surface area (Å²) in [5.74, 6) is 1.78. The standard InChI is InChI=1S/C12H16N4S/c13-7-9-1-4-16(5-2-9)11-10-3-6-17-12(10)15-8-14-11/h3,6,8-9H,1-2,4-5,7,13H2. The first-order chi connectivity index (χ1) is 8.38. The molecule has 0 amide bonds. The summed E-state index contributed by atoms with van der Waals surface area (Å²) in [6.45, 7) is 2.93. The Labute approximate surface area is 104 Å². The molecular formula is C12H16N4S. The van der Waals surface area contributed by atoms with Gasteiger partial charge in [-0.05, 0) is 36.8 Å². The number of aromatic nitrogens is 2. The number of nitrogens with two attached hydrogens (primary N) is 1. The van der Waals surface area contributed by atoms with E-state index in [-0.39, 0.29) is 0 Å². The van der Waals surface area contributed by atoms with Crippen LogP contribution >= 0.6 is 11.3 Å². The predicted octanol–water partition coefficient (Wildman–Crippen LogP) is 1.87. The van der Waals surface area contributed by atoms with Crippen molar-refractivity contribution >= 4 is 27.4 Å². The lowest BCUT2D eigenvalue weighted by Gasteiger charge is -2.32. The van der Waals surface area contributed by atoms with E-state index in [4.69, 9.17) is 5.73 Å². The topological polar surface area (TPSA) is 55.0 Å². The highest BCUT2D eigenvalue weighted by atomic mass is 32.1. The van der Waals surface area contributed by atoms with Gasteiger partial charge in [0.1, 0.15) is 17.0 Å². The molecule has 2 aromatic rings. The second kappa shape index (κ2) is 4.58. The van der Waals surface area contributed by atoms with Gasteiger partial charge in [-0.25, -0.2) is 9.97 Å². The Morgan fingerprint density at radius 1 is 1.35 bits per heavy atom. The lowest BCUT2D eigenvalue weighted by atomic mass is 9.97. The van der Waals surface area contributed by atoms with Crippen molar-refractivity contribution in [1.29, 1.82) is 0 Å². The molecule has 0 aromatic carbocycles. The predicted molar refractivity (Wildman–Crippen MR) is 71.4 cm³/mol. The summed E-state index contributed by atoms with van der Waals surface area (Å²) >= 11 is 1.67. The molecular weight excluding hydrogens is 232 g/mol. The van der Waals surface area contributed by atoms with E-state index in [0.717, 1.165) is 30.3 Å². The Morgan fingerprint density at radius 2 is 2.18 bits per heavy atom. The number of rotatable bonds is 2. The van der Waals surface area contributed by atoms with Crippen molar-refractivity contribution in [3.63, 3.8) is 0 Å². The molecule has 1 aliphatic heterocycles. The molecule has 90 valence electrons. The number of piperidine rings is 1. The third-order valence-corrected chi connectivity index (χ3v) is 4.31. The quantitative estimate of drug-likeness (QED) is 0.881. The molecule has 0 saturated carbocycles. The van der Waals surface area contributed by atoms with Gasteiger partial charge in [-0.3, -0.25) is 0 Å². The molecule has 0 bridgehead atoms. The van der Waals surface area contributed by atoms with E-state index in [1.807, 2.05) is 0 Å². The summed E-state index contributed by atoms with van der Waals surface area (Å²) in [7, 11) is 0. The fourth-order valence-electron chi connectivity index (χ4n) is 2.41. The van der Waals surface area contributed by atoms with Crippen molar-refractivity contribution in [2.24, 2.45) is 11.7 Å². The lowest BCUT2D eigenvalue weighted by molar-refractivity contribution is 0.413. The van der Waals surface area contributed by atoms with Crippen molar-refractivity contribution < 1.29 is 0 Å². The van der Waals surface area contributed by atoms with Crippen LogP contribution in [0.2, 0.25) is 0 Å².